The van der Waals surface area contributed by atoms with E-state index in [1.807, 2.05) is 18.2 Å². The molecule has 0 bridgehead atoms. The molecule has 2 saturated heterocycles. The third-order valence-corrected chi connectivity index (χ3v) is 8.34. The van der Waals surface area contributed by atoms with Gasteiger partial charge in [-0.05, 0) is 43.2 Å². The molecule has 11 heteroatoms. The fourth-order valence-corrected chi connectivity index (χ4v) is 6.02. The number of benzene rings is 2. The van der Waals surface area contributed by atoms with E-state index in [-0.39, 0.29) is 35.3 Å². The zero-order valence-corrected chi connectivity index (χ0v) is 20.5. The SMILES string of the molecule is O=C(O)c1ccccc1Nc1c(S(=O)(=O)N2CCOCC2)cnc2ccc(NC3CCOCC3)cc12. The zero-order chi connectivity index (χ0) is 25.1. The van der Waals surface area contributed by atoms with Crippen LogP contribution in [0.15, 0.2) is 53.6 Å². The Morgan fingerprint density at radius 3 is 2.50 bits per heavy atom. The molecule has 5 rings (SSSR count). The first-order chi connectivity index (χ1) is 17.4. The van der Waals surface area contributed by atoms with Crippen LogP contribution in [0.1, 0.15) is 23.2 Å². The van der Waals surface area contributed by atoms with E-state index in [2.05, 4.69) is 15.6 Å². The summed E-state index contributed by atoms with van der Waals surface area (Å²) in [5.41, 5.74) is 2.03. The van der Waals surface area contributed by atoms with Gasteiger partial charge in [0.1, 0.15) is 4.90 Å². The second kappa shape index (κ2) is 10.4. The molecule has 1 aromatic heterocycles. The summed E-state index contributed by atoms with van der Waals surface area (Å²) in [7, 11) is -3.93. The maximum absolute atomic E-state index is 13.7. The highest BCUT2D eigenvalue weighted by Gasteiger charge is 2.30. The molecule has 0 atom stereocenters. The molecule has 2 aliphatic heterocycles. The number of sulfonamides is 1. The second-order valence-electron chi connectivity index (χ2n) is 8.75. The van der Waals surface area contributed by atoms with Crippen molar-refractivity contribution in [3.63, 3.8) is 0 Å². The molecule has 2 fully saturated rings. The molecule has 2 aromatic carbocycles. The lowest BCUT2D eigenvalue weighted by Crippen LogP contribution is -2.40. The number of ether oxygens (including phenoxy) is 2. The predicted molar refractivity (Wildman–Crippen MR) is 135 cm³/mol. The third-order valence-electron chi connectivity index (χ3n) is 6.43. The Bertz CT molecular complexity index is 1370. The monoisotopic (exact) mass is 512 g/mol. The Kier molecular flexibility index (Phi) is 7.06. The van der Waals surface area contributed by atoms with Crippen molar-refractivity contribution < 1.29 is 27.8 Å². The van der Waals surface area contributed by atoms with E-state index in [1.165, 1.54) is 16.6 Å². The number of anilines is 3. The van der Waals surface area contributed by atoms with Gasteiger partial charge >= 0.3 is 5.97 Å². The van der Waals surface area contributed by atoms with Gasteiger partial charge in [-0.1, -0.05) is 12.1 Å². The van der Waals surface area contributed by atoms with Crippen molar-refractivity contribution in [1.82, 2.24) is 9.29 Å². The summed E-state index contributed by atoms with van der Waals surface area (Å²) >= 11 is 0. The van der Waals surface area contributed by atoms with Crippen LogP contribution in [0.25, 0.3) is 10.9 Å². The van der Waals surface area contributed by atoms with Crippen molar-refractivity contribution in [3.8, 4) is 0 Å². The lowest BCUT2D eigenvalue weighted by molar-refractivity contribution is 0.0698. The second-order valence-corrected chi connectivity index (χ2v) is 10.7. The Balaban J connectivity index is 1.64. The molecule has 0 aliphatic carbocycles. The molecule has 36 heavy (non-hydrogen) atoms. The van der Waals surface area contributed by atoms with Gasteiger partial charge in [0, 0.05) is 49.6 Å². The summed E-state index contributed by atoms with van der Waals surface area (Å²) < 4.78 is 39.6. The molecule has 0 unspecified atom stereocenters. The van der Waals surface area contributed by atoms with Gasteiger partial charge in [0.2, 0.25) is 10.0 Å². The molecular formula is C25H28N4O6S. The molecule has 10 nitrogen and oxygen atoms in total. The normalized spacial score (nSPS) is 17.7. The standard InChI is InChI=1S/C25H28N4O6S/c30-25(31)19-3-1-2-4-22(19)28-24-20-15-18(27-17-7-11-34-12-8-17)5-6-21(20)26-16-23(24)36(32,33)29-9-13-35-14-10-29/h1-6,15-17,27H,7-14H2,(H,26,28)(H,30,31). The highest BCUT2D eigenvalue weighted by atomic mass is 32.2. The highest BCUT2D eigenvalue weighted by molar-refractivity contribution is 7.89. The summed E-state index contributed by atoms with van der Waals surface area (Å²) in [6.07, 6.45) is 3.09. The minimum absolute atomic E-state index is 0.0136. The van der Waals surface area contributed by atoms with Crippen molar-refractivity contribution in [1.29, 1.82) is 0 Å². The summed E-state index contributed by atoms with van der Waals surface area (Å²) in [5, 5.41) is 16.9. The Labute approximate surface area is 209 Å². The molecule has 190 valence electrons. The van der Waals surface area contributed by atoms with Gasteiger partial charge in [0.15, 0.2) is 0 Å². The molecule has 2 aliphatic rings. The quantitative estimate of drug-likeness (QED) is 0.436. The van der Waals surface area contributed by atoms with Crippen molar-refractivity contribution in [2.45, 2.75) is 23.8 Å². The molecule has 0 spiro atoms. The van der Waals surface area contributed by atoms with Gasteiger partial charge < -0.3 is 25.2 Å². The van der Waals surface area contributed by atoms with Crippen LogP contribution >= 0.6 is 0 Å². The van der Waals surface area contributed by atoms with Crippen LogP contribution in [-0.2, 0) is 19.5 Å². The van der Waals surface area contributed by atoms with Crippen LogP contribution in [0.4, 0.5) is 17.1 Å². The van der Waals surface area contributed by atoms with Gasteiger partial charge in [0.25, 0.3) is 0 Å². The van der Waals surface area contributed by atoms with E-state index >= 15 is 0 Å². The number of hydrogen-bond acceptors (Lipinski definition) is 8. The number of pyridine rings is 1. The van der Waals surface area contributed by atoms with E-state index in [4.69, 9.17) is 9.47 Å². The average molecular weight is 513 g/mol. The number of carboxylic acids is 1. The molecule has 0 radical (unpaired) electrons. The average Bonchev–Trinajstić information content (AvgIpc) is 2.90. The largest absolute Gasteiger partial charge is 0.478 e. The Hall–Kier alpha value is -3.25. The molecule has 0 amide bonds. The number of aromatic nitrogens is 1. The molecule has 0 saturated carbocycles. The van der Waals surface area contributed by atoms with Crippen LogP contribution in [0, 0.1) is 0 Å². The smallest absolute Gasteiger partial charge is 0.337 e. The van der Waals surface area contributed by atoms with E-state index in [9.17, 15) is 18.3 Å². The van der Waals surface area contributed by atoms with Crippen molar-refractivity contribution in [3.05, 3.63) is 54.2 Å². The fourth-order valence-electron chi connectivity index (χ4n) is 4.51. The molecule has 3 heterocycles. The first kappa shape index (κ1) is 24.4. The fraction of sp³-hybridized carbons (Fsp3) is 0.360. The zero-order valence-electron chi connectivity index (χ0n) is 19.6. The van der Waals surface area contributed by atoms with Crippen LogP contribution < -0.4 is 10.6 Å². The molecule has 3 aromatic rings. The number of hydrogen-bond donors (Lipinski definition) is 3. The van der Waals surface area contributed by atoms with Gasteiger partial charge in [-0.3, -0.25) is 4.98 Å². The van der Waals surface area contributed by atoms with Crippen LogP contribution in [0.3, 0.4) is 0 Å². The van der Waals surface area contributed by atoms with Crippen molar-refractivity contribution >= 4 is 44.0 Å². The van der Waals surface area contributed by atoms with Gasteiger partial charge in [-0.25, -0.2) is 13.2 Å². The number of nitrogens with one attached hydrogen (secondary N) is 2. The Morgan fingerprint density at radius 2 is 1.75 bits per heavy atom. The summed E-state index contributed by atoms with van der Waals surface area (Å²) in [4.78, 5) is 16.3. The van der Waals surface area contributed by atoms with Crippen molar-refractivity contribution in [2.75, 3.05) is 50.2 Å². The summed E-state index contributed by atoms with van der Waals surface area (Å²) in [5.74, 6) is -1.11. The third kappa shape index (κ3) is 5.00. The first-order valence-corrected chi connectivity index (χ1v) is 13.3. The van der Waals surface area contributed by atoms with E-state index < -0.39 is 16.0 Å². The number of carbonyl (C=O) groups is 1. The van der Waals surface area contributed by atoms with Crippen LogP contribution in [0.5, 0.6) is 0 Å². The van der Waals surface area contributed by atoms with Gasteiger partial charge in [-0.15, -0.1) is 0 Å². The number of para-hydroxylation sites is 1. The lowest BCUT2D eigenvalue weighted by atomic mass is 10.1. The van der Waals surface area contributed by atoms with Crippen molar-refractivity contribution in [2.24, 2.45) is 0 Å². The maximum atomic E-state index is 13.7. The van der Waals surface area contributed by atoms with Crippen LogP contribution in [-0.4, -0.2) is 74.3 Å². The van der Waals surface area contributed by atoms with E-state index in [1.54, 1.807) is 18.2 Å². The number of fused-ring (bicyclic) bond motifs is 1. The minimum Gasteiger partial charge on any atom is -0.478 e. The minimum atomic E-state index is -3.93. The summed E-state index contributed by atoms with van der Waals surface area (Å²) in [6, 6.07) is 12.3. The molecule has 3 N–H and O–H groups in total. The van der Waals surface area contributed by atoms with Gasteiger partial charge in [0.05, 0.1) is 35.7 Å². The topological polar surface area (TPSA) is 130 Å². The highest BCUT2D eigenvalue weighted by Crippen LogP contribution is 2.36. The first-order valence-electron chi connectivity index (χ1n) is 11.9. The lowest BCUT2D eigenvalue weighted by Gasteiger charge is -2.27. The van der Waals surface area contributed by atoms with E-state index in [0.29, 0.717) is 43.0 Å². The number of nitrogens with zero attached hydrogens (tertiary/aromatic N) is 2. The number of carboxylic acid groups (broad SMARTS) is 1. The summed E-state index contributed by atoms with van der Waals surface area (Å²) in [6.45, 7) is 2.46. The van der Waals surface area contributed by atoms with Gasteiger partial charge in [-0.2, -0.15) is 4.31 Å². The van der Waals surface area contributed by atoms with Crippen LogP contribution in [0.2, 0.25) is 0 Å². The van der Waals surface area contributed by atoms with E-state index in [0.717, 1.165) is 18.5 Å². The predicted octanol–water partition coefficient (Wildman–Crippen LogP) is 3.29. The number of morpholine rings is 1. The number of aromatic carboxylic acids is 1. The maximum Gasteiger partial charge on any atom is 0.337 e. The Morgan fingerprint density at radius 1 is 1.03 bits per heavy atom. The number of rotatable bonds is 7. The molecular weight excluding hydrogens is 484 g/mol.